The van der Waals surface area contributed by atoms with Crippen molar-refractivity contribution in [2.24, 2.45) is 0 Å². The zero-order valence-corrected chi connectivity index (χ0v) is 17.8. The fraction of sp³-hybridized carbons (Fsp3) is 0.455. The van der Waals surface area contributed by atoms with Crippen molar-refractivity contribution in [1.82, 2.24) is 10.6 Å². The number of thiophene rings is 1. The molecule has 2 aromatic rings. The summed E-state index contributed by atoms with van der Waals surface area (Å²) in [6, 6.07) is 11.9. The first-order valence-electron chi connectivity index (χ1n) is 9.95. The molecule has 29 heavy (non-hydrogen) atoms. The number of amides is 2. The molecule has 0 unspecified atom stereocenters. The number of benzene rings is 1. The van der Waals surface area contributed by atoms with E-state index in [-0.39, 0.29) is 17.2 Å². The number of rotatable bonds is 8. The fourth-order valence-corrected chi connectivity index (χ4v) is 4.41. The summed E-state index contributed by atoms with van der Waals surface area (Å²) in [5.41, 5.74) is 1.05. The van der Waals surface area contributed by atoms with Gasteiger partial charge in [0.1, 0.15) is 5.75 Å². The molecule has 0 saturated carbocycles. The van der Waals surface area contributed by atoms with E-state index in [4.69, 9.17) is 9.47 Å². The van der Waals surface area contributed by atoms with E-state index in [0.717, 1.165) is 23.5 Å². The molecule has 0 atom stereocenters. The fourth-order valence-electron chi connectivity index (χ4n) is 3.54. The monoisotopic (exact) mass is 416 g/mol. The van der Waals surface area contributed by atoms with Crippen LogP contribution in [-0.4, -0.2) is 38.2 Å². The minimum atomic E-state index is -0.144. The van der Waals surface area contributed by atoms with Gasteiger partial charge < -0.3 is 20.1 Å². The second-order valence-electron chi connectivity index (χ2n) is 7.21. The van der Waals surface area contributed by atoms with Gasteiger partial charge in [-0.25, -0.2) is 0 Å². The van der Waals surface area contributed by atoms with Gasteiger partial charge in [-0.3, -0.25) is 9.59 Å². The lowest BCUT2D eigenvalue weighted by atomic mass is 9.74. The van der Waals surface area contributed by atoms with Crippen molar-refractivity contribution >= 4 is 23.2 Å². The van der Waals surface area contributed by atoms with Gasteiger partial charge in [0, 0.05) is 37.0 Å². The minimum Gasteiger partial charge on any atom is -0.494 e. The van der Waals surface area contributed by atoms with Crippen LogP contribution in [0.5, 0.6) is 5.75 Å². The van der Waals surface area contributed by atoms with E-state index >= 15 is 0 Å². The average molecular weight is 417 g/mol. The van der Waals surface area contributed by atoms with Gasteiger partial charge in [0.25, 0.3) is 5.91 Å². The van der Waals surface area contributed by atoms with Crippen molar-refractivity contribution in [3.8, 4) is 5.75 Å². The topological polar surface area (TPSA) is 76.7 Å². The van der Waals surface area contributed by atoms with Gasteiger partial charge in [0.05, 0.1) is 18.0 Å². The molecule has 1 saturated heterocycles. The molecule has 1 fully saturated rings. The van der Waals surface area contributed by atoms with E-state index in [1.165, 1.54) is 23.8 Å². The van der Waals surface area contributed by atoms with Gasteiger partial charge in [-0.05, 0) is 49.6 Å². The molecule has 0 aliphatic carbocycles. The van der Waals surface area contributed by atoms with Crippen LogP contribution in [0.25, 0.3) is 0 Å². The molecular weight excluding hydrogens is 388 g/mol. The van der Waals surface area contributed by atoms with Crippen LogP contribution in [0, 0.1) is 0 Å². The third-order valence-electron chi connectivity index (χ3n) is 5.21. The zero-order chi connectivity index (χ0) is 20.7. The molecule has 1 aliphatic heterocycles. The number of carbonyl (C=O) groups excluding carboxylic acids is 2. The number of hydrogen-bond donors (Lipinski definition) is 2. The van der Waals surface area contributed by atoms with Crippen LogP contribution in [0.4, 0.5) is 0 Å². The maximum Gasteiger partial charge on any atom is 0.261 e. The van der Waals surface area contributed by atoms with E-state index in [2.05, 4.69) is 22.8 Å². The maximum absolute atomic E-state index is 12.7. The Morgan fingerprint density at radius 2 is 1.83 bits per heavy atom. The summed E-state index contributed by atoms with van der Waals surface area (Å²) in [7, 11) is 0. The molecule has 1 aliphatic rings. The predicted molar refractivity (Wildman–Crippen MR) is 114 cm³/mol. The lowest BCUT2D eigenvalue weighted by molar-refractivity contribution is -0.119. The molecule has 1 aromatic carbocycles. The third kappa shape index (κ3) is 5.58. The highest BCUT2D eigenvalue weighted by Crippen LogP contribution is 2.35. The Labute approximate surface area is 175 Å². The molecule has 2 heterocycles. The molecule has 2 amide bonds. The maximum atomic E-state index is 12.7. The average Bonchev–Trinajstić information content (AvgIpc) is 3.21. The standard InChI is InChI=1S/C22H28N2O4S/c1-3-28-18-6-4-17(5-7-18)22(10-12-27-13-11-22)15-24-21(26)20-9-8-19(29-20)14-23-16(2)25/h4-9H,3,10-15H2,1-2H3,(H,23,25)(H,24,26). The molecule has 1 aromatic heterocycles. The lowest BCUT2D eigenvalue weighted by Crippen LogP contribution is -2.44. The van der Waals surface area contributed by atoms with Gasteiger partial charge in [0.15, 0.2) is 0 Å². The first-order chi connectivity index (χ1) is 14.0. The molecular formula is C22H28N2O4S. The molecule has 156 valence electrons. The summed E-state index contributed by atoms with van der Waals surface area (Å²) >= 11 is 1.40. The van der Waals surface area contributed by atoms with Gasteiger partial charge in [-0.2, -0.15) is 0 Å². The first kappa shape index (κ1) is 21.3. The molecule has 6 nitrogen and oxygen atoms in total. The van der Waals surface area contributed by atoms with Crippen LogP contribution >= 0.6 is 11.3 Å². The second-order valence-corrected chi connectivity index (χ2v) is 8.38. The summed E-state index contributed by atoms with van der Waals surface area (Å²) in [6.07, 6.45) is 1.72. The summed E-state index contributed by atoms with van der Waals surface area (Å²) in [6.45, 7) is 6.46. The zero-order valence-electron chi connectivity index (χ0n) is 17.0. The van der Waals surface area contributed by atoms with Crippen molar-refractivity contribution < 1.29 is 19.1 Å². The van der Waals surface area contributed by atoms with Crippen LogP contribution < -0.4 is 15.4 Å². The Morgan fingerprint density at radius 3 is 2.48 bits per heavy atom. The highest BCUT2D eigenvalue weighted by atomic mass is 32.1. The van der Waals surface area contributed by atoms with Crippen molar-refractivity contribution in [1.29, 1.82) is 0 Å². The SMILES string of the molecule is CCOc1ccc(C2(CNC(=O)c3ccc(CNC(C)=O)s3)CCOCC2)cc1. The van der Waals surface area contributed by atoms with Crippen molar-refractivity contribution in [2.75, 3.05) is 26.4 Å². The highest BCUT2D eigenvalue weighted by Gasteiger charge is 2.35. The summed E-state index contributed by atoms with van der Waals surface area (Å²) < 4.78 is 11.1. The Balaban J connectivity index is 1.67. The third-order valence-corrected chi connectivity index (χ3v) is 6.30. The lowest BCUT2D eigenvalue weighted by Gasteiger charge is -2.38. The van der Waals surface area contributed by atoms with Gasteiger partial charge in [-0.15, -0.1) is 11.3 Å². The van der Waals surface area contributed by atoms with Crippen LogP contribution in [0.2, 0.25) is 0 Å². The summed E-state index contributed by atoms with van der Waals surface area (Å²) in [5, 5.41) is 5.88. The molecule has 7 heteroatoms. The highest BCUT2D eigenvalue weighted by molar-refractivity contribution is 7.14. The van der Waals surface area contributed by atoms with E-state index < -0.39 is 0 Å². The van der Waals surface area contributed by atoms with Crippen LogP contribution in [-0.2, 0) is 21.5 Å². The van der Waals surface area contributed by atoms with E-state index in [9.17, 15) is 9.59 Å². The predicted octanol–water partition coefficient (Wildman–Crippen LogP) is 3.26. The van der Waals surface area contributed by atoms with Gasteiger partial charge in [-0.1, -0.05) is 12.1 Å². The van der Waals surface area contributed by atoms with Crippen LogP contribution in [0.1, 0.15) is 46.8 Å². The van der Waals surface area contributed by atoms with Crippen molar-refractivity contribution in [3.05, 3.63) is 51.7 Å². The van der Waals surface area contributed by atoms with Crippen LogP contribution in [0.3, 0.4) is 0 Å². The molecule has 0 radical (unpaired) electrons. The van der Waals surface area contributed by atoms with E-state index in [1.54, 1.807) is 0 Å². The number of nitrogens with one attached hydrogen (secondary N) is 2. The van der Waals surface area contributed by atoms with Gasteiger partial charge >= 0.3 is 0 Å². The normalized spacial score (nSPS) is 15.5. The first-order valence-corrected chi connectivity index (χ1v) is 10.8. The Kier molecular flexibility index (Phi) is 7.28. The minimum absolute atomic E-state index is 0.0822. The second kappa shape index (κ2) is 9.89. The molecule has 2 N–H and O–H groups in total. The van der Waals surface area contributed by atoms with E-state index in [0.29, 0.717) is 37.8 Å². The Hall–Kier alpha value is -2.38. The summed E-state index contributed by atoms with van der Waals surface area (Å²) in [5.74, 6) is 0.690. The van der Waals surface area contributed by atoms with E-state index in [1.807, 2.05) is 31.2 Å². The Bertz CT molecular complexity index is 826. The Morgan fingerprint density at radius 1 is 1.10 bits per heavy atom. The summed E-state index contributed by atoms with van der Waals surface area (Å²) in [4.78, 5) is 25.4. The molecule has 0 spiro atoms. The number of hydrogen-bond acceptors (Lipinski definition) is 5. The number of carbonyl (C=O) groups is 2. The number of ether oxygens (including phenoxy) is 2. The smallest absolute Gasteiger partial charge is 0.261 e. The van der Waals surface area contributed by atoms with Crippen molar-refractivity contribution in [2.45, 2.75) is 38.6 Å². The quantitative estimate of drug-likeness (QED) is 0.693. The largest absolute Gasteiger partial charge is 0.494 e. The van der Waals surface area contributed by atoms with Crippen LogP contribution in [0.15, 0.2) is 36.4 Å². The van der Waals surface area contributed by atoms with Gasteiger partial charge in [0.2, 0.25) is 5.91 Å². The molecule has 3 rings (SSSR count). The van der Waals surface area contributed by atoms with Crippen molar-refractivity contribution in [3.63, 3.8) is 0 Å². The molecule has 0 bridgehead atoms.